The van der Waals surface area contributed by atoms with E-state index in [4.69, 9.17) is 27.9 Å². The van der Waals surface area contributed by atoms with Crippen molar-refractivity contribution < 1.29 is 4.74 Å². The molecule has 1 atom stereocenters. The maximum atomic E-state index is 6.03. The van der Waals surface area contributed by atoms with Crippen LogP contribution in [0.2, 0.25) is 10.0 Å². The van der Waals surface area contributed by atoms with E-state index in [-0.39, 0.29) is 6.10 Å². The fourth-order valence-electron chi connectivity index (χ4n) is 2.47. The number of halogens is 2. The Balaban J connectivity index is 1.70. The van der Waals surface area contributed by atoms with Crippen LogP contribution in [-0.2, 0) is 4.74 Å². The van der Waals surface area contributed by atoms with Gasteiger partial charge in [-0.05, 0) is 38.0 Å². The first-order chi connectivity index (χ1) is 11.1. The van der Waals surface area contributed by atoms with Gasteiger partial charge in [-0.25, -0.2) is 9.97 Å². The number of hydrogen-bond acceptors (Lipinski definition) is 5. The molecule has 1 fully saturated rings. The molecule has 5 nitrogen and oxygen atoms in total. The van der Waals surface area contributed by atoms with Gasteiger partial charge in [-0.2, -0.15) is 0 Å². The summed E-state index contributed by atoms with van der Waals surface area (Å²) in [6.45, 7) is 3.46. The molecule has 0 saturated carbocycles. The average Bonchev–Trinajstić information content (AvgIpc) is 3.02. The van der Waals surface area contributed by atoms with Gasteiger partial charge in [-0.1, -0.05) is 23.2 Å². The third-order valence-electron chi connectivity index (χ3n) is 3.56. The first-order valence-corrected chi connectivity index (χ1v) is 8.29. The first-order valence-electron chi connectivity index (χ1n) is 7.53. The largest absolute Gasteiger partial charge is 0.376 e. The summed E-state index contributed by atoms with van der Waals surface area (Å²) < 4.78 is 5.61. The Labute approximate surface area is 145 Å². The van der Waals surface area contributed by atoms with E-state index in [9.17, 15) is 0 Å². The van der Waals surface area contributed by atoms with Crippen molar-refractivity contribution in [2.45, 2.75) is 25.9 Å². The van der Waals surface area contributed by atoms with Gasteiger partial charge in [-0.3, -0.25) is 0 Å². The molecule has 23 heavy (non-hydrogen) atoms. The van der Waals surface area contributed by atoms with Crippen molar-refractivity contribution in [3.63, 3.8) is 0 Å². The molecule has 7 heteroatoms. The van der Waals surface area contributed by atoms with E-state index in [1.165, 1.54) is 0 Å². The van der Waals surface area contributed by atoms with E-state index in [2.05, 4.69) is 20.6 Å². The van der Waals surface area contributed by atoms with Crippen LogP contribution in [0.5, 0.6) is 0 Å². The highest BCUT2D eigenvalue weighted by Crippen LogP contribution is 2.27. The molecule has 1 aromatic heterocycles. The Bertz CT molecular complexity index is 690. The van der Waals surface area contributed by atoms with E-state index in [1.54, 1.807) is 12.1 Å². The monoisotopic (exact) mass is 352 g/mol. The van der Waals surface area contributed by atoms with E-state index in [0.29, 0.717) is 21.7 Å². The Hall–Kier alpha value is -1.56. The minimum atomic E-state index is 0.261. The van der Waals surface area contributed by atoms with Gasteiger partial charge in [0.2, 0.25) is 0 Å². The molecule has 0 radical (unpaired) electrons. The fourth-order valence-corrected chi connectivity index (χ4v) is 2.77. The van der Waals surface area contributed by atoms with E-state index < -0.39 is 0 Å². The summed E-state index contributed by atoms with van der Waals surface area (Å²) in [5.41, 5.74) is 0.822. The number of anilines is 3. The van der Waals surface area contributed by atoms with Crippen LogP contribution >= 0.6 is 23.2 Å². The van der Waals surface area contributed by atoms with Crippen LogP contribution in [-0.4, -0.2) is 29.2 Å². The normalized spacial score (nSPS) is 17.3. The standard InChI is InChI=1S/C16H18Cl2N4O/c1-10-20-15(19-9-12-3-2-6-23-12)8-16(21-10)22-11-4-5-13(17)14(18)7-11/h4-5,7-8,12H,2-3,6,9H2,1H3,(H2,19,20,21,22). The molecule has 2 aromatic rings. The minimum Gasteiger partial charge on any atom is -0.376 e. The second-order valence-electron chi connectivity index (χ2n) is 5.46. The summed E-state index contributed by atoms with van der Waals surface area (Å²) >= 11 is 12.0. The fraction of sp³-hybridized carbons (Fsp3) is 0.375. The number of aryl methyl sites for hydroxylation is 1. The molecule has 2 heterocycles. The molecule has 1 unspecified atom stereocenters. The zero-order valence-electron chi connectivity index (χ0n) is 12.8. The summed E-state index contributed by atoms with van der Waals surface area (Å²) in [6.07, 6.45) is 2.47. The molecule has 0 spiro atoms. The van der Waals surface area contributed by atoms with Crippen molar-refractivity contribution in [3.8, 4) is 0 Å². The number of nitrogens with one attached hydrogen (secondary N) is 2. The first kappa shape index (κ1) is 16.3. The van der Waals surface area contributed by atoms with E-state index in [0.717, 1.165) is 37.5 Å². The Morgan fingerprint density at radius 3 is 2.74 bits per heavy atom. The number of aromatic nitrogens is 2. The van der Waals surface area contributed by atoms with Crippen molar-refractivity contribution in [1.29, 1.82) is 0 Å². The smallest absolute Gasteiger partial charge is 0.136 e. The summed E-state index contributed by atoms with van der Waals surface area (Å²) in [6, 6.07) is 7.23. The van der Waals surface area contributed by atoms with Crippen molar-refractivity contribution in [2.75, 3.05) is 23.8 Å². The SMILES string of the molecule is Cc1nc(NCC2CCCO2)cc(Nc2ccc(Cl)c(Cl)c2)n1. The number of nitrogens with zero attached hydrogens (tertiary/aromatic N) is 2. The molecular weight excluding hydrogens is 335 g/mol. The summed E-state index contributed by atoms with van der Waals surface area (Å²) in [5.74, 6) is 2.16. The molecule has 1 aromatic carbocycles. The van der Waals surface area contributed by atoms with Crippen molar-refractivity contribution in [3.05, 3.63) is 40.1 Å². The molecule has 1 aliphatic heterocycles. The maximum absolute atomic E-state index is 6.03. The van der Waals surface area contributed by atoms with Crippen molar-refractivity contribution in [1.82, 2.24) is 9.97 Å². The average molecular weight is 353 g/mol. The lowest BCUT2D eigenvalue weighted by Crippen LogP contribution is -2.19. The number of ether oxygens (including phenoxy) is 1. The molecular formula is C16H18Cl2N4O. The van der Waals surface area contributed by atoms with Gasteiger partial charge in [0.25, 0.3) is 0 Å². The lowest BCUT2D eigenvalue weighted by Gasteiger charge is -2.13. The van der Waals surface area contributed by atoms with Gasteiger partial charge >= 0.3 is 0 Å². The number of benzene rings is 1. The van der Waals surface area contributed by atoms with Crippen molar-refractivity contribution in [2.24, 2.45) is 0 Å². The zero-order chi connectivity index (χ0) is 16.2. The van der Waals surface area contributed by atoms with Gasteiger partial charge in [0, 0.05) is 24.9 Å². The van der Waals surface area contributed by atoms with Crippen LogP contribution < -0.4 is 10.6 Å². The van der Waals surface area contributed by atoms with Crippen LogP contribution in [0, 0.1) is 6.92 Å². The summed E-state index contributed by atoms with van der Waals surface area (Å²) in [5, 5.41) is 7.55. The van der Waals surface area contributed by atoms with Gasteiger partial charge in [0.05, 0.1) is 16.1 Å². The minimum absolute atomic E-state index is 0.261. The predicted molar refractivity (Wildman–Crippen MR) is 94.0 cm³/mol. The van der Waals surface area contributed by atoms with E-state index in [1.807, 2.05) is 19.1 Å². The van der Waals surface area contributed by atoms with E-state index >= 15 is 0 Å². The molecule has 0 amide bonds. The number of rotatable bonds is 5. The topological polar surface area (TPSA) is 59.1 Å². The second kappa shape index (κ2) is 7.34. The lowest BCUT2D eigenvalue weighted by molar-refractivity contribution is 0.120. The van der Waals surface area contributed by atoms with Crippen LogP contribution in [0.15, 0.2) is 24.3 Å². The van der Waals surface area contributed by atoms with Crippen LogP contribution in [0.4, 0.5) is 17.3 Å². The van der Waals surface area contributed by atoms with Crippen LogP contribution in [0.3, 0.4) is 0 Å². The Morgan fingerprint density at radius 1 is 1.17 bits per heavy atom. The quantitative estimate of drug-likeness (QED) is 0.833. The van der Waals surface area contributed by atoms with Gasteiger partial charge in [-0.15, -0.1) is 0 Å². The second-order valence-corrected chi connectivity index (χ2v) is 6.27. The molecule has 122 valence electrons. The lowest BCUT2D eigenvalue weighted by atomic mass is 10.2. The predicted octanol–water partition coefficient (Wildman–Crippen LogP) is 4.43. The molecule has 3 rings (SSSR count). The van der Waals surface area contributed by atoms with Gasteiger partial charge in [0.1, 0.15) is 17.5 Å². The van der Waals surface area contributed by atoms with Gasteiger partial charge < -0.3 is 15.4 Å². The highest BCUT2D eigenvalue weighted by molar-refractivity contribution is 6.42. The maximum Gasteiger partial charge on any atom is 0.136 e. The molecule has 1 aliphatic rings. The third-order valence-corrected chi connectivity index (χ3v) is 4.30. The highest BCUT2D eigenvalue weighted by atomic mass is 35.5. The summed E-state index contributed by atoms with van der Waals surface area (Å²) in [4.78, 5) is 8.79. The number of hydrogen-bond donors (Lipinski definition) is 2. The summed E-state index contributed by atoms with van der Waals surface area (Å²) in [7, 11) is 0. The molecule has 1 saturated heterocycles. The Kier molecular flexibility index (Phi) is 5.20. The molecule has 2 N–H and O–H groups in total. The van der Waals surface area contributed by atoms with Crippen LogP contribution in [0.1, 0.15) is 18.7 Å². The zero-order valence-corrected chi connectivity index (χ0v) is 14.3. The molecule has 0 bridgehead atoms. The highest BCUT2D eigenvalue weighted by Gasteiger charge is 2.15. The molecule has 0 aliphatic carbocycles. The van der Waals surface area contributed by atoms with Gasteiger partial charge in [0.15, 0.2) is 0 Å². The third kappa shape index (κ3) is 4.47. The Morgan fingerprint density at radius 2 is 2.00 bits per heavy atom. The van der Waals surface area contributed by atoms with Crippen LogP contribution in [0.25, 0.3) is 0 Å². The van der Waals surface area contributed by atoms with Crippen molar-refractivity contribution >= 4 is 40.5 Å².